The fourth-order valence-electron chi connectivity index (χ4n) is 8.05. The summed E-state index contributed by atoms with van der Waals surface area (Å²) >= 11 is 14.0. The third kappa shape index (κ3) is 8.07. The van der Waals surface area contributed by atoms with Gasteiger partial charge in [0.2, 0.25) is 5.88 Å². The minimum atomic E-state index is -0.685. The van der Waals surface area contributed by atoms with Crippen molar-refractivity contribution in [3.8, 4) is 28.4 Å². The summed E-state index contributed by atoms with van der Waals surface area (Å²) in [6.07, 6.45) is 7.96. The average molecular weight is 763 g/mol. The predicted molar refractivity (Wildman–Crippen MR) is 203 cm³/mol. The van der Waals surface area contributed by atoms with Crippen LogP contribution in [0.4, 0.5) is 5.69 Å². The van der Waals surface area contributed by atoms with Gasteiger partial charge in [0.15, 0.2) is 5.82 Å². The monoisotopic (exact) mass is 761 g/mol. The molecule has 0 saturated heterocycles. The summed E-state index contributed by atoms with van der Waals surface area (Å²) in [6, 6.07) is 11.2. The number of aliphatic hydroxyl groups is 1. The van der Waals surface area contributed by atoms with Crippen molar-refractivity contribution in [3.05, 3.63) is 75.4 Å². The van der Waals surface area contributed by atoms with E-state index in [-0.39, 0.29) is 24.0 Å². The lowest BCUT2D eigenvalue weighted by molar-refractivity contribution is -0.143. The van der Waals surface area contributed by atoms with Crippen molar-refractivity contribution in [2.75, 3.05) is 25.5 Å². The van der Waals surface area contributed by atoms with Crippen LogP contribution in [0.3, 0.4) is 0 Å². The second-order valence-electron chi connectivity index (χ2n) is 14.5. The topological polar surface area (TPSA) is 155 Å². The lowest BCUT2D eigenvalue weighted by atomic mass is 9.81. The van der Waals surface area contributed by atoms with Gasteiger partial charge < -0.3 is 30.2 Å². The molecule has 280 valence electrons. The number of hydrogen-bond acceptors (Lipinski definition) is 9. The number of amides is 1. The highest BCUT2D eigenvalue weighted by Gasteiger charge is 2.31. The zero-order chi connectivity index (χ0) is 37.2. The lowest BCUT2D eigenvalue weighted by Crippen LogP contribution is -2.36. The number of fused-ring (bicyclic) bond motifs is 1. The smallest absolute Gasteiger partial charge is 0.306 e. The molecule has 2 atom stereocenters. The zero-order valence-corrected chi connectivity index (χ0v) is 31.5. The molecule has 12 nitrogen and oxygen atoms in total. The highest BCUT2D eigenvalue weighted by Crippen LogP contribution is 2.40. The van der Waals surface area contributed by atoms with E-state index >= 15 is 0 Å². The van der Waals surface area contributed by atoms with Gasteiger partial charge in [0.05, 0.1) is 51.9 Å². The summed E-state index contributed by atoms with van der Waals surface area (Å²) < 4.78 is 7.50. The highest BCUT2D eigenvalue weighted by molar-refractivity contribution is 6.39. The van der Waals surface area contributed by atoms with E-state index in [4.69, 9.17) is 37.9 Å². The number of anilines is 1. The molecule has 0 radical (unpaired) electrons. The fraction of sp³-hybridized carbons (Fsp3) is 0.462. The van der Waals surface area contributed by atoms with E-state index < -0.39 is 5.97 Å². The number of nitrogens with zero attached hydrogens (tertiary/aromatic N) is 5. The Bertz CT molecular complexity index is 2000. The van der Waals surface area contributed by atoms with Gasteiger partial charge in [-0.2, -0.15) is 0 Å². The molecule has 3 aromatic heterocycles. The molecule has 14 heteroatoms. The van der Waals surface area contributed by atoms with Crippen LogP contribution in [0.15, 0.2) is 42.6 Å². The number of pyridine rings is 2. The summed E-state index contributed by atoms with van der Waals surface area (Å²) in [5, 5.41) is 26.3. The van der Waals surface area contributed by atoms with Crippen molar-refractivity contribution in [3.63, 3.8) is 0 Å². The average Bonchev–Trinajstić information content (AvgIpc) is 3.73. The minimum Gasteiger partial charge on any atom is -0.481 e. The molecule has 4 aromatic rings. The predicted octanol–water partition coefficient (Wildman–Crippen LogP) is 6.36. The molecular formula is C39H45Cl2N7O5. The molecule has 0 unspecified atom stereocenters. The Kier molecular flexibility index (Phi) is 11.3. The maximum atomic E-state index is 13.7. The van der Waals surface area contributed by atoms with Crippen molar-refractivity contribution < 1.29 is 24.5 Å². The number of rotatable bonds is 11. The summed E-state index contributed by atoms with van der Waals surface area (Å²) in [7, 11) is 3.45. The number of nitrogens with one attached hydrogen (secondary N) is 2. The van der Waals surface area contributed by atoms with E-state index in [1.807, 2.05) is 23.7 Å². The van der Waals surface area contributed by atoms with Gasteiger partial charge in [-0.1, -0.05) is 41.4 Å². The number of carboxylic acids is 1. The van der Waals surface area contributed by atoms with Gasteiger partial charge in [0.1, 0.15) is 0 Å². The summed E-state index contributed by atoms with van der Waals surface area (Å²) in [4.78, 5) is 41.5. The van der Waals surface area contributed by atoms with E-state index in [0.717, 1.165) is 81.4 Å². The van der Waals surface area contributed by atoms with Crippen LogP contribution in [0, 0.1) is 11.8 Å². The van der Waals surface area contributed by atoms with Crippen molar-refractivity contribution in [2.24, 2.45) is 18.9 Å². The molecule has 1 aliphatic heterocycles. The Hall–Kier alpha value is -4.07. The van der Waals surface area contributed by atoms with Crippen LogP contribution >= 0.6 is 23.2 Å². The van der Waals surface area contributed by atoms with Crippen LogP contribution in [0.25, 0.3) is 22.5 Å². The third-order valence-corrected chi connectivity index (χ3v) is 11.8. The normalized spacial score (nSPS) is 21.7. The molecule has 1 amide bonds. The number of carboxylic acid groups (broad SMARTS) is 1. The molecule has 53 heavy (non-hydrogen) atoms. The van der Waals surface area contributed by atoms with Crippen molar-refractivity contribution >= 4 is 40.8 Å². The number of aliphatic hydroxyl groups excluding tert-OH is 1. The van der Waals surface area contributed by atoms with E-state index in [1.165, 1.54) is 0 Å². The first-order valence-electron chi connectivity index (χ1n) is 18.3. The Morgan fingerprint density at radius 3 is 2.55 bits per heavy atom. The Labute approximate surface area is 318 Å². The molecule has 2 saturated carbocycles. The standard InChI is InChI=1S/C39H45Cl2N7O5/c1-47-32-15-17-48(20-22-6-8-23(9-7-22)39(51)52)21-31(32)44-36(47)37(50)45-30-5-3-4-28(33(30)40)35-34(41)27(14-16-42-35)29-13-10-24(38(46-29)53-2)19-43-25-11-12-26(49)18-25/h3-5,10,13-14,16,22-23,25-26,43,49H,6-9,11-12,15,17-21H2,1-2H3,(H,45,50)(H,51,52)/t22-,23+,25-,26-/m1/s1. The molecular weight excluding hydrogens is 717 g/mol. The summed E-state index contributed by atoms with van der Waals surface area (Å²) in [5.41, 5.74) is 5.49. The number of aliphatic carboxylic acids is 1. The van der Waals surface area contributed by atoms with E-state index in [0.29, 0.717) is 69.0 Å². The van der Waals surface area contributed by atoms with E-state index in [2.05, 4.69) is 20.5 Å². The lowest BCUT2D eigenvalue weighted by Gasteiger charge is -2.33. The van der Waals surface area contributed by atoms with Crippen molar-refractivity contribution in [1.82, 2.24) is 29.7 Å². The Balaban J connectivity index is 1.04. The summed E-state index contributed by atoms with van der Waals surface area (Å²) in [6.45, 7) is 2.99. The molecule has 7 rings (SSSR count). The Morgan fingerprint density at radius 1 is 1.00 bits per heavy atom. The molecule has 0 bridgehead atoms. The van der Waals surface area contributed by atoms with E-state index in [9.17, 15) is 19.8 Å². The number of hydrogen-bond donors (Lipinski definition) is 4. The first kappa shape index (κ1) is 37.3. The maximum Gasteiger partial charge on any atom is 0.306 e. The highest BCUT2D eigenvalue weighted by atomic mass is 35.5. The first-order chi connectivity index (χ1) is 25.6. The van der Waals surface area contributed by atoms with Crippen molar-refractivity contribution in [2.45, 2.75) is 76.6 Å². The fourth-order valence-corrected chi connectivity index (χ4v) is 8.62. The number of methoxy groups -OCH3 is 1. The van der Waals surface area contributed by atoms with Crippen LogP contribution in [-0.4, -0.2) is 78.9 Å². The van der Waals surface area contributed by atoms with Crippen molar-refractivity contribution in [1.29, 1.82) is 0 Å². The quantitative estimate of drug-likeness (QED) is 0.136. The second kappa shape index (κ2) is 16.1. The number of benzene rings is 1. The van der Waals surface area contributed by atoms with Gasteiger partial charge in [-0.15, -0.1) is 0 Å². The van der Waals surface area contributed by atoms with Gasteiger partial charge in [0.25, 0.3) is 5.91 Å². The molecule has 0 spiro atoms. The number of carbonyl (C=O) groups is 2. The van der Waals surface area contributed by atoms with Gasteiger partial charge in [-0.05, 0) is 69.1 Å². The molecule has 3 aliphatic rings. The SMILES string of the molecule is COc1nc(-c2ccnc(-c3cccc(NC(=O)c4nc5c(n4C)CCN(C[C@H]4CC[C@@H](C(=O)O)CC4)C5)c3Cl)c2Cl)ccc1CN[C@@H]1CC[C@@H](O)C1. The van der Waals surface area contributed by atoms with Crippen LogP contribution in [0.2, 0.25) is 10.0 Å². The minimum absolute atomic E-state index is 0.221. The van der Waals surface area contributed by atoms with Crippen LogP contribution in [-0.2, 0) is 31.4 Å². The zero-order valence-electron chi connectivity index (χ0n) is 29.9. The Morgan fingerprint density at radius 2 is 1.81 bits per heavy atom. The van der Waals surface area contributed by atoms with Gasteiger partial charge >= 0.3 is 5.97 Å². The number of ether oxygens (including phenoxy) is 1. The molecule has 1 aromatic carbocycles. The molecule has 2 fully saturated rings. The second-order valence-corrected chi connectivity index (χ2v) is 15.2. The van der Waals surface area contributed by atoms with Crippen LogP contribution in [0.1, 0.15) is 72.5 Å². The molecule has 4 heterocycles. The van der Waals surface area contributed by atoms with Gasteiger partial charge in [0, 0.05) is 74.3 Å². The third-order valence-electron chi connectivity index (χ3n) is 11.0. The van der Waals surface area contributed by atoms with Crippen LogP contribution < -0.4 is 15.4 Å². The first-order valence-corrected chi connectivity index (χ1v) is 19.0. The number of imidazole rings is 1. The van der Waals surface area contributed by atoms with Crippen LogP contribution in [0.5, 0.6) is 5.88 Å². The number of aromatic nitrogens is 4. The largest absolute Gasteiger partial charge is 0.481 e. The number of halogens is 2. The van der Waals surface area contributed by atoms with E-state index in [1.54, 1.807) is 37.6 Å². The van der Waals surface area contributed by atoms with Gasteiger partial charge in [-0.3, -0.25) is 19.5 Å². The molecule has 4 N–H and O–H groups in total. The van der Waals surface area contributed by atoms with Gasteiger partial charge in [-0.25, -0.2) is 9.97 Å². The molecule has 2 aliphatic carbocycles. The summed E-state index contributed by atoms with van der Waals surface area (Å²) in [5.74, 6) is -0.0201. The number of carbonyl (C=O) groups excluding carboxylic acids is 1. The maximum absolute atomic E-state index is 13.7.